The molecule has 0 unspecified atom stereocenters. The van der Waals surface area contributed by atoms with Crippen LogP contribution in [0.1, 0.15) is 0 Å². The highest BCUT2D eigenvalue weighted by atomic mass is 32.2. The monoisotopic (exact) mass is 353 g/mol. The van der Waals surface area contributed by atoms with Crippen LogP contribution in [-0.4, -0.2) is 52.4 Å². The molecule has 1 aliphatic rings. The van der Waals surface area contributed by atoms with Gasteiger partial charge in [-0.3, -0.25) is 9.36 Å². The van der Waals surface area contributed by atoms with Crippen molar-refractivity contribution in [2.24, 2.45) is 0 Å². The number of fused-ring (bicyclic) bond motifs is 1. The van der Waals surface area contributed by atoms with Gasteiger partial charge in [0.25, 0.3) is 0 Å². The second-order valence-corrected chi connectivity index (χ2v) is 6.78. The number of carbonyl (C=O) groups excluding carboxylic acids is 1. The van der Waals surface area contributed by atoms with Gasteiger partial charge >= 0.3 is 0 Å². The molecular weight excluding hydrogens is 334 g/mol. The second-order valence-electron chi connectivity index (χ2n) is 5.84. The van der Waals surface area contributed by atoms with Crippen LogP contribution < -0.4 is 0 Å². The van der Waals surface area contributed by atoms with E-state index in [-0.39, 0.29) is 5.91 Å². The average molecular weight is 353 g/mol. The molecule has 1 aromatic heterocycles. The molecule has 1 amide bonds. The first kappa shape index (κ1) is 16.2. The molecule has 0 saturated carbocycles. The zero-order chi connectivity index (χ0) is 17.1. The standard InChI is InChI=1S/C19H19N3O2S/c23-18(21-10-12-24-13-11-21)14-25-19-20-16-8-4-5-9-17(16)22(19)15-6-2-1-3-7-15/h1-9H,10-14H2. The summed E-state index contributed by atoms with van der Waals surface area (Å²) in [4.78, 5) is 19.1. The second kappa shape index (κ2) is 7.29. The number of para-hydroxylation sites is 3. The highest BCUT2D eigenvalue weighted by molar-refractivity contribution is 7.99. The Morgan fingerprint density at radius 3 is 2.56 bits per heavy atom. The molecule has 128 valence electrons. The lowest BCUT2D eigenvalue weighted by Gasteiger charge is -2.26. The molecule has 0 aliphatic carbocycles. The van der Waals surface area contributed by atoms with Gasteiger partial charge in [-0.2, -0.15) is 0 Å². The van der Waals surface area contributed by atoms with Crippen LogP contribution in [0.4, 0.5) is 0 Å². The number of benzene rings is 2. The van der Waals surface area contributed by atoms with Gasteiger partial charge in [0, 0.05) is 18.8 Å². The number of morpholine rings is 1. The van der Waals surface area contributed by atoms with Crippen LogP contribution in [-0.2, 0) is 9.53 Å². The summed E-state index contributed by atoms with van der Waals surface area (Å²) in [5.41, 5.74) is 3.04. The molecule has 25 heavy (non-hydrogen) atoms. The van der Waals surface area contributed by atoms with Crippen molar-refractivity contribution in [3.05, 3.63) is 54.6 Å². The van der Waals surface area contributed by atoms with E-state index in [0.29, 0.717) is 32.1 Å². The summed E-state index contributed by atoms with van der Waals surface area (Å²) in [6.45, 7) is 2.60. The van der Waals surface area contributed by atoms with Gasteiger partial charge in [0.2, 0.25) is 5.91 Å². The number of ether oxygens (including phenoxy) is 1. The molecule has 3 aromatic rings. The minimum absolute atomic E-state index is 0.139. The SMILES string of the molecule is O=C(CSc1nc2ccccc2n1-c1ccccc1)N1CCOCC1. The summed E-state index contributed by atoms with van der Waals surface area (Å²) < 4.78 is 7.43. The van der Waals surface area contributed by atoms with Crippen molar-refractivity contribution in [2.45, 2.75) is 5.16 Å². The number of hydrogen-bond acceptors (Lipinski definition) is 4. The number of hydrogen-bond donors (Lipinski definition) is 0. The first-order chi connectivity index (χ1) is 12.3. The topological polar surface area (TPSA) is 47.4 Å². The number of amides is 1. The molecule has 5 nitrogen and oxygen atoms in total. The van der Waals surface area contributed by atoms with Crippen LogP contribution in [0, 0.1) is 0 Å². The molecule has 0 atom stereocenters. The molecule has 0 bridgehead atoms. The molecule has 0 radical (unpaired) electrons. The number of thioether (sulfide) groups is 1. The van der Waals surface area contributed by atoms with Crippen LogP contribution in [0.25, 0.3) is 16.7 Å². The van der Waals surface area contributed by atoms with E-state index in [9.17, 15) is 4.79 Å². The number of imidazole rings is 1. The van der Waals surface area contributed by atoms with Gasteiger partial charge in [-0.1, -0.05) is 42.1 Å². The van der Waals surface area contributed by atoms with Crippen molar-refractivity contribution < 1.29 is 9.53 Å². The average Bonchev–Trinajstić information content (AvgIpc) is 3.06. The van der Waals surface area contributed by atoms with E-state index in [1.165, 1.54) is 11.8 Å². The smallest absolute Gasteiger partial charge is 0.233 e. The number of aromatic nitrogens is 2. The summed E-state index contributed by atoms with van der Waals surface area (Å²) in [5, 5.41) is 0.842. The highest BCUT2D eigenvalue weighted by Crippen LogP contribution is 2.28. The van der Waals surface area contributed by atoms with Gasteiger partial charge in [0.15, 0.2) is 5.16 Å². The molecule has 2 aromatic carbocycles. The van der Waals surface area contributed by atoms with Gasteiger partial charge in [0.05, 0.1) is 30.0 Å². The van der Waals surface area contributed by atoms with Crippen LogP contribution >= 0.6 is 11.8 Å². The Bertz CT molecular complexity index is 873. The lowest BCUT2D eigenvalue weighted by Crippen LogP contribution is -2.41. The molecule has 4 rings (SSSR count). The molecule has 0 N–H and O–H groups in total. The fourth-order valence-corrected chi connectivity index (χ4v) is 3.89. The minimum Gasteiger partial charge on any atom is -0.378 e. The number of carbonyl (C=O) groups is 1. The lowest BCUT2D eigenvalue weighted by atomic mass is 10.3. The third-order valence-corrected chi connectivity index (χ3v) is 5.16. The zero-order valence-corrected chi connectivity index (χ0v) is 14.6. The minimum atomic E-state index is 0.139. The largest absolute Gasteiger partial charge is 0.378 e. The Morgan fingerprint density at radius 2 is 1.76 bits per heavy atom. The predicted octanol–water partition coefficient (Wildman–Crippen LogP) is 2.98. The Morgan fingerprint density at radius 1 is 1.04 bits per heavy atom. The van der Waals surface area contributed by atoms with E-state index in [0.717, 1.165) is 21.9 Å². The van der Waals surface area contributed by atoms with E-state index >= 15 is 0 Å². The summed E-state index contributed by atoms with van der Waals surface area (Å²) in [5.74, 6) is 0.524. The predicted molar refractivity (Wildman–Crippen MR) is 99.2 cm³/mol. The van der Waals surface area contributed by atoms with Crippen molar-refractivity contribution in [3.63, 3.8) is 0 Å². The summed E-state index contributed by atoms with van der Waals surface area (Å²) in [6.07, 6.45) is 0. The Balaban J connectivity index is 1.61. The molecule has 1 saturated heterocycles. The third kappa shape index (κ3) is 3.41. The van der Waals surface area contributed by atoms with Crippen LogP contribution in [0.3, 0.4) is 0 Å². The maximum atomic E-state index is 12.4. The summed E-state index contributed by atoms with van der Waals surface area (Å²) in [7, 11) is 0. The fraction of sp³-hybridized carbons (Fsp3) is 0.263. The summed E-state index contributed by atoms with van der Waals surface area (Å²) in [6, 6.07) is 18.2. The first-order valence-corrected chi connectivity index (χ1v) is 9.33. The van der Waals surface area contributed by atoms with Crippen LogP contribution in [0.15, 0.2) is 59.8 Å². The molecular formula is C19H19N3O2S. The zero-order valence-electron chi connectivity index (χ0n) is 13.8. The highest BCUT2D eigenvalue weighted by Gasteiger charge is 2.19. The van der Waals surface area contributed by atoms with E-state index in [1.54, 1.807) is 0 Å². The van der Waals surface area contributed by atoms with Crippen molar-refractivity contribution >= 4 is 28.7 Å². The van der Waals surface area contributed by atoms with Crippen LogP contribution in [0.2, 0.25) is 0 Å². The first-order valence-electron chi connectivity index (χ1n) is 8.34. The molecule has 1 aliphatic heterocycles. The normalized spacial score (nSPS) is 14.8. The van der Waals surface area contributed by atoms with Gasteiger partial charge in [-0.25, -0.2) is 4.98 Å². The van der Waals surface area contributed by atoms with E-state index < -0.39 is 0 Å². The van der Waals surface area contributed by atoms with Gasteiger partial charge in [-0.05, 0) is 24.3 Å². The van der Waals surface area contributed by atoms with Crippen molar-refractivity contribution in [1.82, 2.24) is 14.5 Å². The van der Waals surface area contributed by atoms with Gasteiger partial charge < -0.3 is 9.64 Å². The van der Waals surface area contributed by atoms with E-state index in [2.05, 4.69) is 22.8 Å². The van der Waals surface area contributed by atoms with Gasteiger partial charge in [-0.15, -0.1) is 0 Å². The Kier molecular flexibility index (Phi) is 4.72. The van der Waals surface area contributed by atoms with Gasteiger partial charge in [0.1, 0.15) is 0 Å². The van der Waals surface area contributed by atoms with Crippen LogP contribution in [0.5, 0.6) is 0 Å². The molecule has 2 heterocycles. The van der Waals surface area contributed by atoms with Crippen molar-refractivity contribution in [1.29, 1.82) is 0 Å². The van der Waals surface area contributed by atoms with E-state index in [4.69, 9.17) is 9.72 Å². The summed E-state index contributed by atoms with van der Waals surface area (Å²) >= 11 is 1.49. The quantitative estimate of drug-likeness (QED) is 0.677. The van der Waals surface area contributed by atoms with E-state index in [1.807, 2.05) is 41.3 Å². The number of nitrogens with zero attached hydrogens (tertiary/aromatic N) is 3. The molecule has 6 heteroatoms. The third-order valence-electron chi connectivity index (χ3n) is 4.23. The maximum Gasteiger partial charge on any atom is 0.233 e. The maximum absolute atomic E-state index is 12.4. The lowest BCUT2D eigenvalue weighted by molar-refractivity contribution is -0.132. The Hall–Kier alpha value is -2.31. The fourth-order valence-electron chi connectivity index (χ4n) is 2.96. The molecule has 1 fully saturated rings. The number of rotatable bonds is 4. The molecule has 0 spiro atoms. The van der Waals surface area contributed by atoms with Crippen molar-refractivity contribution in [2.75, 3.05) is 32.1 Å². The van der Waals surface area contributed by atoms with Crippen molar-refractivity contribution in [3.8, 4) is 5.69 Å². The Labute approximate surface area is 150 Å².